The highest BCUT2D eigenvalue weighted by Gasteiger charge is 2.42. The number of fused-ring (bicyclic) bond motifs is 1. The summed E-state index contributed by atoms with van der Waals surface area (Å²) in [7, 11) is 3.12. The second kappa shape index (κ2) is 8.98. The molecule has 0 radical (unpaired) electrons. The van der Waals surface area contributed by atoms with Gasteiger partial charge in [0.25, 0.3) is 0 Å². The minimum absolute atomic E-state index is 0.174. The predicted molar refractivity (Wildman–Crippen MR) is 132 cm³/mol. The van der Waals surface area contributed by atoms with E-state index >= 15 is 0 Å². The summed E-state index contributed by atoms with van der Waals surface area (Å²) in [5.74, 6) is 1.74. The van der Waals surface area contributed by atoms with Crippen LogP contribution in [-0.4, -0.2) is 61.7 Å². The molecule has 0 bridgehead atoms. The van der Waals surface area contributed by atoms with E-state index in [9.17, 15) is 0 Å². The number of anilines is 1. The molecular formula is C23H24Cl2N4O3S. The Hall–Kier alpha value is -2.00. The molecule has 1 unspecified atom stereocenters. The molecule has 0 aliphatic carbocycles. The van der Waals surface area contributed by atoms with Crippen molar-refractivity contribution in [2.45, 2.75) is 18.0 Å². The van der Waals surface area contributed by atoms with Gasteiger partial charge in [-0.05, 0) is 25.2 Å². The van der Waals surface area contributed by atoms with E-state index in [0.717, 1.165) is 55.9 Å². The Morgan fingerprint density at radius 3 is 2.48 bits per heavy atom. The number of thioether (sulfide) groups is 1. The zero-order chi connectivity index (χ0) is 23.2. The number of hydrogen-bond donors (Lipinski definition) is 0. The van der Waals surface area contributed by atoms with Crippen LogP contribution in [0, 0.1) is 5.41 Å². The van der Waals surface area contributed by atoms with Gasteiger partial charge in [-0.25, -0.2) is 15.0 Å². The second-order valence-electron chi connectivity index (χ2n) is 8.38. The van der Waals surface area contributed by atoms with Crippen molar-refractivity contribution in [3.8, 4) is 22.8 Å². The summed E-state index contributed by atoms with van der Waals surface area (Å²) < 4.78 is 16.7. The van der Waals surface area contributed by atoms with Gasteiger partial charge in [-0.15, -0.1) is 0 Å². The summed E-state index contributed by atoms with van der Waals surface area (Å²) in [5.41, 5.74) is 2.17. The van der Waals surface area contributed by atoms with Crippen LogP contribution < -0.4 is 14.4 Å². The van der Waals surface area contributed by atoms with E-state index in [-0.39, 0.29) is 5.41 Å². The number of rotatable bonds is 5. The molecule has 1 atom stereocenters. The molecule has 5 rings (SSSR count). The first-order valence-corrected chi connectivity index (χ1v) is 12.6. The molecular weight excluding hydrogens is 483 g/mol. The van der Waals surface area contributed by atoms with Gasteiger partial charge in [-0.2, -0.15) is 0 Å². The summed E-state index contributed by atoms with van der Waals surface area (Å²) in [4.78, 5) is 16.6. The summed E-state index contributed by atoms with van der Waals surface area (Å²) in [6, 6.07) is 3.59. The molecule has 2 saturated heterocycles. The van der Waals surface area contributed by atoms with Crippen LogP contribution in [0.1, 0.15) is 12.8 Å². The Morgan fingerprint density at radius 1 is 1.09 bits per heavy atom. The zero-order valence-corrected chi connectivity index (χ0v) is 21.0. The highest BCUT2D eigenvalue weighted by molar-refractivity contribution is 7.98. The maximum absolute atomic E-state index is 6.72. The second-order valence-corrected chi connectivity index (χ2v) is 9.91. The molecule has 1 spiro atoms. The Labute approximate surface area is 206 Å². The van der Waals surface area contributed by atoms with E-state index in [1.807, 2.05) is 18.5 Å². The highest BCUT2D eigenvalue weighted by Crippen LogP contribution is 2.47. The molecule has 0 N–H and O–H groups in total. The quantitative estimate of drug-likeness (QED) is 0.338. The molecule has 2 aliphatic rings. The molecule has 33 heavy (non-hydrogen) atoms. The van der Waals surface area contributed by atoms with Gasteiger partial charge < -0.3 is 19.1 Å². The number of halogens is 2. The van der Waals surface area contributed by atoms with Gasteiger partial charge in [-0.3, -0.25) is 0 Å². The van der Waals surface area contributed by atoms with Crippen LogP contribution in [0.25, 0.3) is 22.2 Å². The first-order chi connectivity index (χ1) is 16.0. The number of benzene rings is 1. The summed E-state index contributed by atoms with van der Waals surface area (Å²) in [6.45, 7) is 3.36. The standard InChI is InChI=1S/C23H24Cl2N4O3S/c1-30-15-9-16(31-2)19(25)17(18(15)24)14-8-13-10-26-22(33-3)28-20(13)21(27-14)29-6-4-23(11-29)5-7-32-12-23/h8-10H,4-7,11-12H2,1-3H3. The number of hydrogen-bond acceptors (Lipinski definition) is 8. The van der Waals surface area contributed by atoms with Gasteiger partial charge in [0.05, 0.1) is 36.6 Å². The molecule has 4 heterocycles. The van der Waals surface area contributed by atoms with E-state index in [1.54, 1.807) is 20.3 Å². The van der Waals surface area contributed by atoms with Crippen LogP contribution in [-0.2, 0) is 4.74 Å². The number of nitrogens with zero attached hydrogens (tertiary/aromatic N) is 4. The van der Waals surface area contributed by atoms with Gasteiger partial charge in [0.1, 0.15) is 17.0 Å². The smallest absolute Gasteiger partial charge is 0.187 e. The number of ether oxygens (including phenoxy) is 3. The number of pyridine rings is 1. The molecule has 0 amide bonds. The van der Waals surface area contributed by atoms with E-state index in [2.05, 4.69) is 9.88 Å². The van der Waals surface area contributed by atoms with Crippen molar-refractivity contribution in [2.75, 3.05) is 51.7 Å². The first-order valence-electron chi connectivity index (χ1n) is 10.6. The SMILES string of the molecule is COc1cc(OC)c(Cl)c(-c2cc3cnc(SC)nc3c(N3CCC4(CCOC4)C3)n2)c1Cl. The minimum Gasteiger partial charge on any atom is -0.495 e. The molecule has 2 fully saturated rings. The van der Waals surface area contributed by atoms with Crippen molar-refractivity contribution in [3.63, 3.8) is 0 Å². The lowest BCUT2D eigenvalue weighted by molar-refractivity contribution is 0.160. The van der Waals surface area contributed by atoms with Crippen LogP contribution in [0.5, 0.6) is 11.5 Å². The topological polar surface area (TPSA) is 69.6 Å². The van der Waals surface area contributed by atoms with Crippen molar-refractivity contribution in [1.82, 2.24) is 15.0 Å². The summed E-state index contributed by atoms with van der Waals surface area (Å²) in [5, 5.41) is 2.33. The number of aromatic nitrogens is 3. The van der Waals surface area contributed by atoms with Gasteiger partial charge >= 0.3 is 0 Å². The van der Waals surface area contributed by atoms with Gasteiger partial charge in [0, 0.05) is 48.3 Å². The fourth-order valence-corrected chi connectivity index (χ4v) is 5.69. The normalized spacial score (nSPS) is 20.2. The lowest BCUT2D eigenvalue weighted by Gasteiger charge is -2.24. The van der Waals surface area contributed by atoms with E-state index in [4.69, 9.17) is 47.4 Å². The fourth-order valence-electron chi connectivity index (χ4n) is 4.65. The molecule has 3 aromatic rings. The third-order valence-corrected chi connectivity index (χ3v) is 7.77. The van der Waals surface area contributed by atoms with Crippen molar-refractivity contribution >= 4 is 51.7 Å². The van der Waals surface area contributed by atoms with Crippen molar-refractivity contribution in [2.24, 2.45) is 5.41 Å². The fraction of sp³-hybridized carbons (Fsp3) is 0.435. The van der Waals surface area contributed by atoms with Crippen LogP contribution in [0.3, 0.4) is 0 Å². The maximum atomic E-state index is 6.72. The Kier molecular flexibility index (Phi) is 6.20. The van der Waals surface area contributed by atoms with Gasteiger partial charge in [-0.1, -0.05) is 35.0 Å². The van der Waals surface area contributed by atoms with Crippen molar-refractivity contribution in [3.05, 3.63) is 28.4 Å². The maximum Gasteiger partial charge on any atom is 0.187 e. The number of methoxy groups -OCH3 is 2. The van der Waals surface area contributed by atoms with Gasteiger partial charge in [0.15, 0.2) is 11.0 Å². The molecule has 7 nitrogen and oxygen atoms in total. The van der Waals surface area contributed by atoms with Crippen LogP contribution in [0.4, 0.5) is 5.82 Å². The lowest BCUT2D eigenvalue weighted by Crippen LogP contribution is -2.28. The van der Waals surface area contributed by atoms with Gasteiger partial charge in [0.2, 0.25) is 0 Å². The molecule has 1 aromatic carbocycles. The average molecular weight is 507 g/mol. The van der Waals surface area contributed by atoms with E-state index in [1.165, 1.54) is 11.8 Å². The molecule has 10 heteroatoms. The van der Waals surface area contributed by atoms with E-state index < -0.39 is 0 Å². The lowest BCUT2D eigenvalue weighted by atomic mass is 9.87. The average Bonchev–Trinajstić information content (AvgIpc) is 3.48. The summed E-state index contributed by atoms with van der Waals surface area (Å²) in [6.07, 6.45) is 5.92. The first kappa shape index (κ1) is 22.8. The predicted octanol–water partition coefficient (Wildman–Crippen LogP) is 5.35. The van der Waals surface area contributed by atoms with E-state index in [0.29, 0.717) is 38.0 Å². The van der Waals surface area contributed by atoms with Crippen molar-refractivity contribution < 1.29 is 14.2 Å². The molecule has 174 valence electrons. The minimum atomic E-state index is 0.174. The van der Waals surface area contributed by atoms with Crippen molar-refractivity contribution in [1.29, 1.82) is 0 Å². The Bertz CT molecular complexity index is 1190. The largest absolute Gasteiger partial charge is 0.495 e. The Morgan fingerprint density at radius 2 is 1.85 bits per heavy atom. The zero-order valence-electron chi connectivity index (χ0n) is 18.7. The molecule has 2 aromatic heterocycles. The molecule has 0 saturated carbocycles. The monoisotopic (exact) mass is 506 g/mol. The highest BCUT2D eigenvalue weighted by atomic mass is 35.5. The van der Waals surface area contributed by atoms with Crippen LogP contribution in [0.15, 0.2) is 23.5 Å². The van der Waals surface area contributed by atoms with Crippen LogP contribution >= 0.6 is 35.0 Å². The Balaban J connectivity index is 1.71. The summed E-state index contributed by atoms with van der Waals surface area (Å²) >= 11 is 14.9. The molecule has 2 aliphatic heterocycles. The third kappa shape index (κ3) is 3.97. The third-order valence-electron chi connectivity index (χ3n) is 6.46. The van der Waals surface area contributed by atoms with Crippen LogP contribution in [0.2, 0.25) is 10.0 Å².